The summed E-state index contributed by atoms with van der Waals surface area (Å²) < 4.78 is 17.5. The summed E-state index contributed by atoms with van der Waals surface area (Å²) in [4.78, 5) is 15.2. The molecule has 0 bridgehead atoms. The Hall–Kier alpha value is -3.18. The minimum absolute atomic E-state index is 0.246. The first-order chi connectivity index (χ1) is 13.1. The Kier molecular flexibility index (Phi) is 4.60. The predicted molar refractivity (Wildman–Crippen MR) is 93.3 cm³/mol. The fraction of sp³-hybridized carbons (Fsp3) is 0.375. The van der Waals surface area contributed by atoms with Gasteiger partial charge in [-0.1, -0.05) is 0 Å². The molecule has 4 rings (SSSR count). The lowest BCUT2D eigenvalue weighted by molar-refractivity contribution is 0.0730. The molecule has 1 aliphatic rings. The van der Waals surface area contributed by atoms with Crippen molar-refractivity contribution in [2.24, 2.45) is 5.73 Å². The van der Waals surface area contributed by atoms with Crippen LogP contribution in [0.2, 0.25) is 0 Å². The summed E-state index contributed by atoms with van der Waals surface area (Å²) in [6, 6.07) is 3.73. The number of fused-ring (bicyclic) bond motifs is 1. The van der Waals surface area contributed by atoms with Crippen LogP contribution in [-0.4, -0.2) is 50.7 Å². The van der Waals surface area contributed by atoms with Gasteiger partial charge in [-0.05, 0) is 6.07 Å². The molecule has 1 amide bonds. The van der Waals surface area contributed by atoms with E-state index in [1.807, 2.05) is 12.1 Å². The summed E-state index contributed by atoms with van der Waals surface area (Å²) in [6.45, 7) is 0.718. The van der Waals surface area contributed by atoms with Crippen molar-refractivity contribution in [2.75, 3.05) is 19.0 Å². The molecule has 4 N–H and O–H groups in total. The second-order valence-corrected chi connectivity index (χ2v) is 6.12. The number of aromatic nitrogens is 5. The largest absolute Gasteiger partial charge is 0.444 e. The summed E-state index contributed by atoms with van der Waals surface area (Å²) in [6.07, 6.45) is 2.53. The number of anilines is 2. The van der Waals surface area contributed by atoms with Crippen LogP contribution in [0.3, 0.4) is 0 Å². The van der Waals surface area contributed by atoms with Gasteiger partial charge in [-0.2, -0.15) is 10.2 Å². The molecule has 11 heteroatoms. The van der Waals surface area contributed by atoms with Gasteiger partial charge in [0.2, 0.25) is 0 Å². The normalized spacial score (nSPS) is 19.4. The third-order valence-corrected chi connectivity index (χ3v) is 4.17. The van der Waals surface area contributed by atoms with Crippen LogP contribution < -0.4 is 11.1 Å². The minimum Gasteiger partial charge on any atom is -0.444 e. The number of hydrogen-bond acceptors (Lipinski definition) is 8. The highest BCUT2D eigenvalue weighted by Gasteiger charge is 2.30. The van der Waals surface area contributed by atoms with Crippen molar-refractivity contribution < 1.29 is 19.0 Å². The first-order valence-corrected chi connectivity index (χ1v) is 8.34. The number of aromatic amines is 1. The predicted octanol–water partition coefficient (Wildman–Crippen LogP) is 1.27. The smallest absolute Gasteiger partial charge is 0.404 e. The van der Waals surface area contributed by atoms with E-state index in [4.69, 9.17) is 19.9 Å². The van der Waals surface area contributed by atoms with Crippen LogP contribution in [0.5, 0.6) is 0 Å². The van der Waals surface area contributed by atoms with E-state index >= 15 is 0 Å². The van der Waals surface area contributed by atoms with E-state index in [-0.39, 0.29) is 12.2 Å². The fourth-order valence-corrected chi connectivity index (χ4v) is 3.04. The van der Waals surface area contributed by atoms with Gasteiger partial charge in [0.25, 0.3) is 0 Å². The molecule has 4 heterocycles. The van der Waals surface area contributed by atoms with E-state index in [9.17, 15) is 4.79 Å². The standard InChI is InChI=1S/C16H19N7O4/c1-25-7-9-4-12-15(18-2-3-23(12)22-9)19-14-6-11(20-21-14)13-5-10(8-26-13)27-16(17)24/h2-4,6,10,13H,5,7-8H2,1H3,(H2,17,24)(H2,18,19,20,21). The maximum absolute atomic E-state index is 10.8. The quantitative estimate of drug-likeness (QED) is 0.586. The van der Waals surface area contributed by atoms with Gasteiger partial charge >= 0.3 is 6.09 Å². The maximum atomic E-state index is 10.8. The Balaban J connectivity index is 1.48. The Bertz CT molecular complexity index is 953. The zero-order chi connectivity index (χ0) is 18.8. The fourth-order valence-electron chi connectivity index (χ4n) is 3.04. The van der Waals surface area contributed by atoms with Gasteiger partial charge in [0.05, 0.1) is 24.6 Å². The molecule has 3 aromatic heterocycles. The summed E-state index contributed by atoms with van der Waals surface area (Å²) in [5, 5.41) is 14.8. The molecule has 142 valence electrons. The number of nitrogens with zero attached hydrogens (tertiary/aromatic N) is 4. The van der Waals surface area contributed by atoms with E-state index in [2.05, 4.69) is 25.6 Å². The Morgan fingerprint density at radius 3 is 3.22 bits per heavy atom. The monoisotopic (exact) mass is 373 g/mol. The number of nitrogens with one attached hydrogen (secondary N) is 2. The molecule has 1 saturated heterocycles. The van der Waals surface area contributed by atoms with Gasteiger partial charge in [0.1, 0.15) is 17.7 Å². The molecule has 2 atom stereocenters. The number of rotatable bonds is 6. The SMILES string of the molecule is COCc1cc2c(Nc3cc(C4CC(OC(N)=O)CO4)[nH]n3)nccn2n1. The topological polar surface area (TPSA) is 142 Å². The second kappa shape index (κ2) is 7.21. The molecule has 27 heavy (non-hydrogen) atoms. The lowest BCUT2D eigenvalue weighted by Gasteiger charge is -2.07. The van der Waals surface area contributed by atoms with E-state index in [0.29, 0.717) is 31.3 Å². The first-order valence-electron chi connectivity index (χ1n) is 8.34. The molecule has 3 aromatic rings. The highest BCUT2D eigenvalue weighted by Crippen LogP contribution is 2.31. The molecule has 11 nitrogen and oxygen atoms in total. The van der Waals surface area contributed by atoms with Crippen LogP contribution in [0.1, 0.15) is 23.9 Å². The average molecular weight is 373 g/mol. The highest BCUT2D eigenvalue weighted by atomic mass is 16.6. The summed E-state index contributed by atoms with van der Waals surface area (Å²) in [5.41, 5.74) is 7.42. The zero-order valence-corrected chi connectivity index (χ0v) is 14.6. The number of hydrogen-bond donors (Lipinski definition) is 3. The third-order valence-electron chi connectivity index (χ3n) is 4.17. The molecule has 1 aliphatic heterocycles. The number of ether oxygens (including phenoxy) is 3. The van der Waals surface area contributed by atoms with Crippen molar-refractivity contribution >= 4 is 23.2 Å². The van der Waals surface area contributed by atoms with Crippen LogP contribution in [-0.2, 0) is 20.8 Å². The number of carbonyl (C=O) groups excluding carboxylic acids is 1. The second-order valence-electron chi connectivity index (χ2n) is 6.12. The van der Waals surface area contributed by atoms with Gasteiger partial charge in [-0.15, -0.1) is 0 Å². The average Bonchev–Trinajstić information content (AvgIpc) is 3.34. The van der Waals surface area contributed by atoms with Crippen molar-refractivity contribution in [1.82, 2.24) is 24.8 Å². The lowest BCUT2D eigenvalue weighted by atomic mass is 10.1. The van der Waals surface area contributed by atoms with Crippen molar-refractivity contribution in [2.45, 2.75) is 25.2 Å². The van der Waals surface area contributed by atoms with Crippen LogP contribution >= 0.6 is 0 Å². The lowest BCUT2D eigenvalue weighted by Crippen LogP contribution is -2.22. The number of H-pyrrole nitrogens is 1. The van der Waals surface area contributed by atoms with Gasteiger partial charge in [-0.3, -0.25) is 5.10 Å². The molecule has 1 fully saturated rings. The van der Waals surface area contributed by atoms with E-state index in [1.165, 1.54) is 0 Å². The zero-order valence-electron chi connectivity index (χ0n) is 14.6. The van der Waals surface area contributed by atoms with Gasteiger partial charge in [0, 0.05) is 32.0 Å². The molecule has 0 saturated carbocycles. The molecule has 0 aliphatic carbocycles. The van der Waals surface area contributed by atoms with E-state index in [1.54, 1.807) is 24.0 Å². The highest BCUT2D eigenvalue weighted by molar-refractivity contribution is 5.72. The number of carbonyl (C=O) groups is 1. The van der Waals surface area contributed by atoms with Gasteiger partial charge < -0.3 is 25.3 Å². The number of nitrogens with two attached hydrogens (primary N) is 1. The molecule has 2 unspecified atom stereocenters. The third kappa shape index (κ3) is 3.68. The van der Waals surface area contributed by atoms with E-state index in [0.717, 1.165) is 16.9 Å². The molecule has 0 aromatic carbocycles. The Morgan fingerprint density at radius 1 is 1.52 bits per heavy atom. The summed E-state index contributed by atoms with van der Waals surface area (Å²) in [7, 11) is 1.62. The van der Waals surface area contributed by atoms with Crippen LogP contribution in [0.15, 0.2) is 24.5 Å². The molecule has 0 spiro atoms. The number of amides is 1. The summed E-state index contributed by atoms with van der Waals surface area (Å²) in [5.74, 6) is 1.20. The maximum Gasteiger partial charge on any atom is 0.404 e. The van der Waals surface area contributed by atoms with Crippen molar-refractivity contribution in [3.8, 4) is 0 Å². The Labute approximate surface area is 153 Å². The molecular formula is C16H19N7O4. The molecular weight excluding hydrogens is 354 g/mol. The van der Waals surface area contributed by atoms with Crippen molar-refractivity contribution in [1.29, 1.82) is 0 Å². The number of methoxy groups -OCH3 is 1. The minimum atomic E-state index is -0.802. The van der Waals surface area contributed by atoms with Gasteiger partial charge in [0.15, 0.2) is 11.6 Å². The first kappa shape index (κ1) is 17.2. The van der Waals surface area contributed by atoms with E-state index < -0.39 is 6.09 Å². The molecule has 0 radical (unpaired) electrons. The van der Waals surface area contributed by atoms with Crippen molar-refractivity contribution in [3.63, 3.8) is 0 Å². The summed E-state index contributed by atoms with van der Waals surface area (Å²) >= 11 is 0. The van der Waals surface area contributed by atoms with Crippen LogP contribution in [0, 0.1) is 0 Å². The van der Waals surface area contributed by atoms with Gasteiger partial charge in [-0.25, -0.2) is 14.3 Å². The van der Waals surface area contributed by atoms with Crippen LogP contribution in [0.25, 0.3) is 5.52 Å². The van der Waals surface area contributed by atoms with Crippen LogP contribution in [0.4, 0.5) is 16.4 Å². The Morgan fingerprint density at radius 2 is 2.41 bits per heavy atom. The van der Waals surface area contributed by atoms with Crippen molar-refractivity contribution in [3.05, 3.63) is 35.9 Å². The number of primary amides is 1.